The van der Waals surface area contributed by atoms with Gasteiger partial charge < -0.3 is 10.4 Å². The molecule has 0 fully saturated rings. The lowest BCUT2D eigenvalue weighted by atomic mass is 10.1. The molecule has 0 aromatic carbocycles. The molecule has 0 aromatic heterocycles. The molecule has 0 atom stereocenters. The molecule has 0 saturated carbocycles. The van der Waals surface area contributed by atoms with Crippen molar-refractivity contribution in [2.24, 2.45) is 0 Å². The van der Waals surface area contributed by atoms with Crippen LogP contribution in [0, 0.1) is 0 Å². The first kappa shape index (κ1) is 21.7. The van der Waals surface area contributed by atoms with Gasteiger partial charge in [0.25, 0.3) is 5.71 Å². The van der Waals surface area contributed by atoms with E-state index in [9.17, 15) is 0 Å². The van der Waals surface area contributed by atoms with Crippen LogP contribution in [-0.4, -0.2) is 28.5 Å². The van der Waals surface area contributed by atoms with E-state index in [1.54, 1.807) is 0 Å². The molecule has 1 rings (SSSR count). The van der Waals surface area contributed by atoms with E-state index in [0.717, 1.165) is 25.2 Å². The van der Waals surface area contributed by atoms with Crippen LogP contribution in [0.4, 0.5) is 0 Å². The van der Waals surface area contributed by atoms with Gasteiger partial charge in [-0.05, 0) is 25.0 Å². The molecule has 25 heavy (non-hydrogen) atoms. The molecular weight excluding hydrogens is 306 g/mol. The first-order valence-electron chi connectivity index (χ1n) is 10.7. The molecule has 0 unspecified atom stereocenters. The Bertz CT molecular complexity index is 428. The fourth-order valence-electron chi connectivity index (χ4n) is 3.37. The van der Waals surface area contributed by atoms with E-state index in [0.29, 0.717) is 0 Å². The van der Waals surface area contributed by atoms with E-state index in [1.165, 1.54) is 82.7 Å². The molecule has 0 radical (unpaired) electrons. The Balaban J connectivity index is 2.37. The molecule has 0 aliphatic heterocycles. The number of nitrogens with zero attached hydrogens (tertiary/aromatic N) is 3. The van der Waals surface area contributed by atoms with Crippen molar-refractivity contribution in [1.82, 2.24) is 4.90 Å². The molecule has 0 spiro atoms. The maximum atomic E-state index is 8.90. The second kappa shape index (κ2) is 15.0. The smallest absolute Gasteiger partial charge is 0.295 e. The molecule has 0 bridgehead atoms. The summed E-state index contributed by atoms with van der Waals surface area (Å²) in [6, 6.07) is 0. The number of rotatable bonds is 15. The van der Waals surface area contributed by atoms with Crippen LogP contribution in [0.15, 0.2) is 23.9 Å². The Kier molecular flexibility index (Phi) is 13.0. The summed E-state index contributed by atoms with van der Waals surface area (Å²) in [5.41, 5.74) is 11.0. The lowest BCUT2D eigenvalue weighted by molar-refractivity contribution is -0.00547. The highest BCUT2D eigenvalue weighted by molar-refractivity contribution is 5.92. The largest absolute Gasteiger partial charge is 0.372 e. The zero-order chi connectivity index (χ0) is 18.2. The molecule has 0 aromatic rings. The summed E-state index contributed by atoms with van der Waals surface area (Å²) < 4.78 is 0. The molecule has 142 valence electrons. The van der Waals surface area contributed by atoms with E-state index in [1.807, 2.05) is 6.08 Å². The van der Waals surface area contributed by atoms with Gasteiger partial charge in [0.2, 0.25) is 0 Å². The molecule has 1 aliphatic carbocycles. The molecular formula is C22H39N3. The highest BCUT2D eigenvalue weighted by atomic mass is 15.1. The van der Waals surface area contributed by atoms with Crippen LogP contribution in [0.25, 0.3) is 5.53 Å². The second-order valence-electron chi connectivity index (χ2n) is 7.28. The van der Waals surface area contributed by atoms with E-state index >= 15 is 0 Å². The van der Waals surface area contributed by atoms with E-state index in [4.69, 9.17) is 5.53 Å². The van der Waals surface area contributed by atoms with Gasteiger partial charge in [-0.25, -0.2) is 0 Å². The predicted molar refractivity (Wildman–Crippen MR) is 109 cm³/mol. The minimum atomic E-state index is 0.742. The predicted octanol–water partition coefficient (Wildman–Crippen LogP) is 6.52. The van der Waals surface area contributed by atoms with Gasteiger partial charge in [0.05, 0.1) is 6.42 Å². The third-order valence-electron chi connectivity index (χ3n) is 5.02. The first-order chi connectivity index (χ1) is 12.3. The van der Waals surface area contributed by atoms with Crippen molar-refractivity contribution in [3.63, 3.8) is 0 Å². The zero-order valence-corrected chi connectivity index (χ0v) is 16.7. The van der Waals surface area contributed by atoms with Crippen molar-refractivity contribution >= 4 is 5.71 Å². The van der Waals surface area contributed by atoms with Crippen molar-refractivity contribution in [1.29, 1.82) is 0 Å². The van der Waals surface area contributed by atoms with Gasteiger partial charge in [0.1, 0.15) is 0 Å². The summed E-state index contributed by atoms with van der Waals surface area (Å²) in [6.45, 7) is 6.86. The SMILES string of the molecule is CCCCCCCCN(CCCCCCCC)C1=CCC(=[N+]=[N-])C=C1. The van der Waals surface area contributed by atoms with Gasteiger partial charge in [-0.15, -0.1) is 0 Å². The summed E-state index contributed by atoms with van der Waals surface area (Å²) in [4.78, 5) is 5.86. The lowest BCUT2D eigenvalue weighted by Crippen LogP contribution is -2.26. The van der Waals surface area contributed by atoms with Crippen molar-refractivity contribution in [3.8, 4) is 0 Å². The minimum absolute atomic E-state index is 0.742. The van der Waals surface area contributed by atoms with Gasteiger partial charge in [-0.3, -0.25) is 0 Å². The maximum absolute atomic E-state index is 8.90. The summed E-state index contributed by atoms with van der Waals surface area (Å²) in [6.07, 6.45) is 23.2. The van der Waals surface area contributed by atoms with E-state index in [-0.39, 0.29) is 0 Å². The average molecular weight is 346 g/mol. The third-order valence-corrected chi connectivity index (χ3v) is 5.02. The summed E-state index contributed by atoms with van der Waals surface area (Å²) in [5.74, 6) is 0. The number of hydrogen-bond acceptors (Lipinski definition) is 1. The lowest BCUT2D eigenvalue weighted by Gasteiger charge is -2.27. The highest BCUT2D eigenvalue weighted by Crippen LogP contribution is 2.17. The molecule has 0 heterocycles. The Morgan fingerprint density at radius 1 is 0.800 bits per heavy atom. The van der Waals surface area contributed by atoms with Gasteiger partial charge in [0, 0.05) is 24.9 Å². The van der Waals surface area contributed by atoms with Crippen LogP contribution in [0.5, 0.6) is 0 Å². The summed E-state index contributed by atoms with van der Waals surface area (Å²) in [7, 11) is 0. The van der Waals surface area contributed by atoms with Gasteiger partial charge in [-0.2, -0.15) is 4.79 Å². The van der Waals surface area contributed by atoms with Crippen molar-refractivity contribution in [2.75, 3.05) is 13.1 Å². The van der Waals surface area contributed by atoms with Gasteiger partial charge >= 0.3 is 0 Å². The molecule has 0 N–H and O–H groups in total. The van der Waals surface area contributed by atoms with Crippen LogP contribution in [0.1, 0.15) is 97.3 Å². The molecule has 3 nitrogen and oxygen atoms in total. The zero-order valence-electron chi connectivity index (χ0n) is 16.7. The summed E-state index contributed by atoms with van der Waals surface area (Å²) in [5, 5.41) is 0. The molecule has 0 saturated heterocycles. The highest BCUT2D eigenvalue weighted by Gasteiger charge is 2.13. The van der Waals surface area contributed by atoms with Crippen LogP contribution in [0.2, 0.25) is 0 Å². The Morgan fingerprint density at radius 2 is 1.32 bits per heavy atom. The van der Waals surface area contributed by atoms with E-state index in [2.05, 4.69) is 35.7 Å². The van der Waals surface area contributed by atoms with Crippen molar-refractivity contribution in [2.45, 2.75) is 97.3 Å². The Morgan fingerprint density at radius 3 is 1.76 bits per heavy atom. The average Bonchev–Trinajstić information content (AvgIpc) is 2.65. The Labute approximate surface area is 155 Å². The van der Waals surface area contributed by atoms with E-state index < -0.39 is 0 Å². The fourth-order valence-corrected chi connectivity index (χ4v) is 3.37. The van der Waals surface area contributed by atoms with Crippen LogP contribution >= 0.6 is 0 Å². The number of hydrogen-bond donors (Lipinski definition) is 0. The van der Waals surface area contributed by atoms with Crippen molar-refractivity contribution < 1.29 is 4.79 Å². The monoisotopic (exact) mass is 345 g/mol. The van der Waals surface area contributed by atoms with Gasteiger partial charge in [0.15, 0.2) is 0 Å². The maximum Gasteiger partial charge on any atom is 0.295 e. The quantitative estimate of drug-likeness (QED) is 0.189. The number of unbranched alkanes of at least 4 members (excludes halogenated alkanes) is 10. The minimum Gasteiger partial charge on any atom is -0.372 e. The normalized spacial score (nSPS) is 13.7. The fraction of sp³-hybridized carbons (Fsp3) is 0.773. The van der Waals surface area contributed by atoms with Crippen LogP contribution in [0.3, 0.4) is 0 Å². The third kappa shape index (κ3) is 10.3. The number of allylic oxidation sites excluding steroid dienone is 3. The van der Waals surface area contributed by atoms with Crippen molar-refractivity contribution in [3.05, 3.63) is 29.5 Å². The van der Waals surface area contributed by atoms with Crippen LogP contribution in [-0.2, 0) is 0 Å². The Hall–Kier alpha value is -1.34. The standard InChI is InChI=1S/C22H39N3/c1-3-5-7-9-11-13-19-25(20-14-12-10-8-6-4-2)22-17-15-21(24-23)16-18-22/h15,17-18H,3-14,16,19-20H2,1-2H3. The second-order valence-corrected chi connectivity index (χ2v) is 7.28. The molecule has 3 heteroatoms. The van der Waals surface area contributed by atoms with Crippen LogP contribution < -0.4 is 0 Å². The first-order valence-corrected chi connectivity index (χ1v) is 10.7. The molecule has 1 aliphatic rings. The molecule has 0 amide bonds. The topological polar surface area (TPSA) is 39.6 Å². The van der Waals surface area contributed by atoms with Gasteiger partial charge in [-0.1, -0.05) is 78.1 Å². The summed E-state index contributed by atoms with van der Waals surface area (Å²) >= 11 is 0.